The molecule has 4 nitrogen and oxygen atoms in total. The summed E-state index contributed by atoms with van der Waals surface area (Å²) in [5, 5.41) is 9.49. The van der Waals surface area contributed by atoms with Crippen LogP contribution in [0.25, 0.3) is 5.65 Å². The Hall–Kier alpha value is -1.39. The molecule has 3 rings (SSSR count). The van der Waals surface area contributed by atoms with Gasteiger partial charge >= 0.3 is 0 Å². The Kier molecular flexibility index (Phi) is 2.61. The number of aliphatic hydroxyl groups excluding tert-OH is 1. The normalized spacial score (nSPS) is 21.4. The van der Waals surface area contributed by atoms with E-state index >= 15 is 0 Å². The van der Waals surface area contributed by atoms with Gasteiger partial charge in [0.15, 0.2) is 0 Å². The van der Waals surface area contributed by atoms with Crippen molar-refractivity contribution in [2.45, 2.75) is 26.0 Å². The monoisotopic (exact) mass is 231 g/mol. The van der Waals surface area contributed by atoms with E-state index in [0.717, 1.165) is 37.4 Å². The lowest BCUT2D eigenvalue weighted by molar-refractivity contribution is 0.174. The SMILES string of the molecule is Cc1ccc2nc(CN3CCC(O)C3)cn2c1. The first-order chi connectivity index (χ1) is 8.20. The van der Waals surface area contributed by atoms with Gasteiger partial charge in [-0.3, -0.25) is 4.90 Å². The smallest absolute Gasteiger partial charge is 0.137 e. The molecule has 0 aromatic carbocycles. The van der Waals surface area contributed by atoms with Crippen LogP contribution in [0.15, 0.2) is 24.5 Å². The minimum Gasteiger partial charge on any atom is -0.392 e. The van der Waals surface area contributed by atoms with Crippen LogP contribution in [0.2, 0.25) is 0 Å². The van der Waals surface area contributed by atoms with Gasteiger partial charge in [-0.25, -0.2) is 4.98 Å². The minimum atomic E-state index is -0.158. The minimum absolute atomic E-state index is 0.158. The third-order valence-electron chi connectivity index (χ3n) is 3.28. The maximum Gasteiger partial charge on any atom is 0.137 e. The molecule has 1 unspecified atom stereocenters. The van der Waals surface area contributed by atoms with Crippen molar-refractivity contribution in [2.24, 2.45) is 0 Å². The fourth-order valence-electron chi connectivity index (χ4n) is 2.42. The quantitative estimate of drug-likeness (QED) is 0.844. The summed E-state index contributed by atoms with van der Waals surface area (Å²) < 4.78 is 2.07. The van der Waals surface area contributed by atoms with Gasteiger partial charge in [-0.15, -0.1) is 0 Å². The van der Waals surface area contributed by atoms with Gasteiger partial charge in [-0.2, -0.15) is 0 Å². The van der Waals surface area contributed by atoms with Crippen LogP contribution < -0.4 is 0 Å². The Morgan fingerprint density at radius 3 is 3.06 bits per heavy atom. The number of nitrogens with zero attached hydrogens (tertiary/aromatic N) is 3. The number of β-amino-alcohol motifs (C(OH)–C–C–N with tert-alkyl or cyclic N) is 1. The molecule has 90 valence electrons. The molecule has 0 aliphatic carbocycles. The molecule has 1 aliphatic heterocycles. The zero-order chi connectivity index (χ0) is 11.8. The van der Waals surface area contributed by atoms with E-state index in [2.05, 4.69) is 39.7 Å². The van der Waals surface area contributed by atoms with Gasteiger partial charge in [0.25, 0.3) is 0 Å². The van der Waals surface area contributed by atoms with Crippen molar-refractivity contribution in [2.75, 3.05) is 13.1 Å². The second-order valence-corrected chi connectivity index (χ2v) is 4.88. The van der Waals surface area contributed by atoms with Crippen molar-refractivity contribution in [3.63, 3.8) is 0 Å². The van der Waals surface area contributed by atoms with Crippen molar-refractivity contribution in [1.29, 1.82) is 0 Å². The molecule has 2 aromatic heterocycles. The molecular formula is C13H17N3O. The van der Waals surface area contributed by atoms with Crippen LogP contribution in [0.5, 0.6) is 0 Å². The summed E-state index contributed by atoms with van der Waals surface area (Å²) in [6.45, 7) is 4.65. The number of aromatic nitrogens is 2. The Labute approximate surface area is 101 Å². The molecular weight excluding hydrogens is 214 g/mol. The second-order valence-electron chi connectivity index (χ2n) is 4.88. The van der Waals surface area contributed by atoms with Crippen molar-refractivity contribution >= 4 is 5.65 Å². The highest BCUT2D eigenvalue weighted by Crippen LogP contribution is 2.14. The number of pyridine rings is 1. The summed E-state index contributed by atoms with van der Waals surface area (Å²) in [7, 11) is 0. The fraction of sp³-hybridized carbons (Fsp3) is 0.462. The summed E-state index contributed by atoms with van der Waals surface area (Å²) in [6.07, 6.45) is 4.89. The van der Waals surface area contributed by atoms with Crippen molar-refractivity contribution in [1.82, 2.24) is 14.3 Å². The van der Waals surface area contributed by atoms with E-state index in [9.17, 15) is 5.11 Å². The van der Waals surface area contributed by atoms with Crippen LogP contribution in [-0.4, -0.2) is 38.6 Å². The Morgan fingerprint density at radius 2 is 2.29 bits per heavy atom. The third kappa shape index (κ3) is 2.18. The zero-order valence-electron chi connectivity index (χ0n) is 10.0. The molecule has 1 aliphatic rings. The van der Waals surface area contributed by atoms with Crippen LogP contribution in [0.1, 0.15) is 17.7 Å². The van der Waals surface area contributed by atoms with Crippen LogP contribution in [0, 0.1) is 6.92 Å². The van der Waals surface area contributed by atoms with Crippen LogP contribution in [0.3, 0.4) is 0 Å². The van der Waals surface area contributed by atoms with Crippen LogP contribution >= 0.6 is 0 Å². The average molecular weight is 231 g/mol. The van der Waals surface area contributed by atoms with Crippen LogP contribution in [0.4, 0.5) is 0 Å². The van der Waals surface area contributed by atoms with Gasteiger partial charge in [0.05, 0.1) is 11.8 Å². The molecule has 0 amide bonds. The predicted octanol–water partition coefficient (Wildman–Crippen LogP) is 1.21. The highest BCUT2D eigenvalue weighted by molar-refractivity contribution is 5.41. The molecule has 0 bridgehead atoms. The van der Waals surface area contributed by atoms with E-state index in [-0.39, 0.29) is 6.10 Å². The standard InChI is InChI=1S/C13H17N3O/c1-10-2-3-13-14-11(8-16(13)6-10)7-15-5-4-12(17)9-15/h2-3,6,8,12,17H,4-5,7,9H2,1H3. The van der Waals surface area contributed by atoms with E-state index in [1.165, 1.54) is 5.56 Å². The average Bonchev–Trinajstić information content (AvgIpc) is 2.84. The van der Waals surface area contributed by atoms with Crippen molar-refractivity contribution < 1.29 is 5.11 Å². The maximum atomic E-state index is 9.49. The topological polar surface area (TPSA) is 40.8 Å². The largest absolute Gasteiger partial charge is 0.392 e. The summed E-state index contributed by atoms with van der Waals surface area (Å²) in [5.41, 5.74) is 3.30. The van der Waals surface area contributed by atoms with Gasteiger partial charge in [0.2, 0.25) is 0 Å². The number of imidazole rings is 1. The molecule has 0 radical (unpaired) electrons. The van der Waals surface area contributed by atoms with Crippen LogP contribution in [-0.2, 0) is 6.54 Å². The second kappa shape index (κ2) is 4.13. The molecule has 0 saturated carbocycles. The van der Waals surface area contributed by atoms with Gasteiger partial charge in [0, 0.05) is 32.0 Å². The van der Waals surface area contributed by atoms with Gasteiger partial charge in [-0.05, 0) is 25.0 Å². The number of aryl methyl sites for hydroxylation is 1. The highest BCUT2D eigenvalue weighted by Gasteiger charge is 2.20. The predicted molar refractivity (Wildman–Crippen MR) is 65.8 cm³/mol. The molecule has 17 heavy (non-hydrogen) atoms. The molecule has 1 saturated heterocycles. The lowest BCUT2D eigenvalue weighted by atomic mass is 10.3. The summed E-state index contributed by atoms with van der Waals surface area (Å²) in [5.74, 6) is 0. The van der Waals surface area contributed by atoms with E-state index in [1.807, 2.05) is 6.07 Å². The summed E-state index contributed by atoms with van der Waals surface area (Å²) in [4.78, 5) is 6.83. The fourth-order valence-corrected chi connectivity index (χ4v) is 2.42. The molecule has 3 heterocycles. The van der Waals surface area contributed by atoms with Crippen molar-refractivity contribution in [3.8, 4) is 0 Å². The van der Waals surface area contributed by atoms with E-state index < -0.39 is 0 Å². The molecule has 1 N–H and O–H groups in total. The molecule has 1 fully saturated rings. The Bertz CT molecular complexity index is 534. The summed E-state index contributed by atoms with van der Waals surface area (Å²) in [6, 6.07) is 4.11. The number of fused-ring (bicyclic) bond motifs is 1. The highest BCUT2D eigenvalue weighted by atomic mass is 16.3. The Morgan fingerprint density at radius 1 is 1.41 bits per heavy atom. The number of aliphatic hydroxyl groups is 1. The summed E-state index contributed by atoms with van der Waals surface area (Å²) >= 11 is 0. The first-order valence-corrected chi connectivity index (χ1v) is 6.05. The van der Waals surface area contributed by atoms with Gasteiger partial charge < -0.3 is 9.51 Å². The van der Waals surface area contributed by atoms with Crippen molar-refractivity contribution in [3.05, 3.63) is 35.8 Å². The molecule has 0 spiro atoms. The molecule has 4 heteroatoms. The number of rotatable bonds is 2. The molecule has 2 aromatic rings. The maximum absolute atomic E-state index is 9.49. The molecule has 1 atom stereocenters. The lowest BCUT2D eigenvalue weighted by Gasteiger charge is -2.12. The van der Waals surface area contributed by atoms with Gasteiger partial charge in [0.1, 0.15) is 5.65 Å². The third-order valence-corrected chi connectivity index (χ3v) is 3.28. The Balaban J connectivity index is 1.81. The van der Waals surface area contributed by atoms with E-state index in [0.29, 0.717) is 0 Å². The number of hydrogen-bond donors (Lipinski definition) is 1. The first-order valence-electron chi connectivity index (χ1n) is 6.05. The number of hydrogen-bond acceptors (Lipinski definition) is 3. The van der Waals surface area contributed by atoms with Gasteiger partial charge in [-0.1, -0.05) is 6.07 Å². The van der Waals surface area contributed by atoms with E-state index in [4.69, 9.17) is 0 Å². The first kappa shape index (κ1) is 10.7. The number of likely N-dealkylation sites (tertiary alicyclic amines) is 1. The lowest BCUT2D eigenvalue weighted by Crippen LogP contribution is -2.21. The van der Waals surface area contributed by atoms with E-state index in [1.54, 1.807) is 0 Å². The zero-order valence-corrected chi connectivity index (χ0v) is 10.0.